The minimum Gasteiger partial charge on any atom is -0.465 e. The number of amides is 1. The molecule has 0 aromatic carbocycles. The first kappa shape index (κ1) is 12.9. The van der Waals surface area contributed by atoms with Gasteiger partial charge in [-0.1, -0.05) is 0 Å². The monoisotopic (exact) mass is 281 g/mol. The van der Waals surface area contributed by atoms with Crippen molar-refractivity contribution in [3.05, 3.63) is 16.6 Å². The van der Waals surface area contributed by atoms with E-state index < -0.39 is 6.09 Å². The molecule has 1 saturated carbocycles. The third-order valence-electron chi connectivity index (χ3n) is 4.34. The van der Waals surface area contributed by atoms with Crippen molar-refractivity contribution in [2.45, 2.75) is 19.4 Å². The molecule has 1 saturated heterocycles. The normalized spacial score (nSPS) is 29.4. The third-order valence-corrected chi connectivity index (χ3v) is 4.97. The summed E-state index contributed by atoms with van der Waals surface area (Å²) in [5.74, 6) is 2.05. The fourth-order valence-electron chi connectivity index (χ4n) is 3.47. The summed E-state index contributed by atoms with van der Waals surface area (Å²) in [6.07, 6.45) is 1.50. The van der Waals surface area contributed by atoms with Crippen LogP contribution in [0.2, 0.25) is 0 Å². The Morgan fingerprint density at radius 1 is 1.47 bits per heavy atom. The standard InChI is InChI=1S/C13H19N3O2S/c17-13(18)16(6-12-7-19-8-15-12)5-9-1-10-3-14-4-11(10)2-9/h7-11,14H,1-6H2,(H,17,18)/t9?,10-,11+. The first-order valence-corrected chi connectivity index (χ1v) is 7.72. The lowest BCUT2D eigenvalue weighted by molar-refractivity contribution is 0.132. The van der Waals surface area contributed by atoms with Gasteiger partial charge in [-0.3, -0.25) is 0 Å². The number of nitrogens with one attached hydrogen (secondary N) is 1. The smallest absolute Gasteiger partial charge is 0.407 e. The fraction of sp³-hybridized carbons (Fsp3) is 0.692. The molecule has 1 aromatic rings. The Kier molecular flexibility index (Phi) is 3.70. The molecule has 1 aliphatic heterocycles. The lowest BCUT2D eigenvalue weighted by atomic mass is 10.0. The lowest BCUT2D eigenvalue weighted by Crippen LogP contribution is -2.33. The van der Waals surface area contributed by atoms with Crippen molar-refractivity contribution in [3.63, 3.8) is 0 Å². The number of aromatic nitrogens is 1. The van der Waals surface area contributed by atoms with E-state index in [2.05, 4.69) is 10.3 Å². The van der Waals surface area contributed by atoms with Crippen molar-refractivity contribution < 1.29 is 9.90 Å². The third kappa shape index (κ3) is 2.90. The quantitative estimate of drug-likeness (QED) is 0.884. The number of rotatable bonds is 4. The lowest BCUT2D eigenvalue weighted by Gasteiger charge is -2.22. The zero-order valence-corrected chi connectivity index (χ0v) is 11.6. The van der Waals surface area contributed by atoms with E-state index in [4.69, 9.17) is 0 Å². The average Bonchev–Trinajstić information content (AvgIpc) is 3.03. The van der Waals surface area contributed by atoms with Gasteiger partial charge < -0.3 is 15.3 Å². The van der Waals surface area contributed by atoms with Crippen LogP contribution in [0.1, 0.15) is 18.5 Å². The number of carbonyl (C=O) groups is 1. The van der Waals surface area contributed by atoms with Crippen LogP contribution in [0.15, 0.2) is 10.9 Å². The van der Waals surface area contributed by atoms with Crippen molar-refractivity contribution in [3.8, 4) is 0 Å². The van der Waals surface area contributed by atoms with Gasteiger partial charge in [-0.05, 0) is 43.7 Å². The van der Waals surface area contributed by atoms with E-state index in [0.29, 0.717) is 19.0 Å². The van der Waals surface area contributed by atoms with Crippen molar-refractivity contribution in [2.24, 2.45) is 17.8 Å². The predicted molar refractivity (Wildman–Crippen MR) is 73.1 cm³/mol. The van der Waals surface area contributed by atoms with E-state index in [1.54, 1.807) is 5.51 Å². The highest BCUT2D eigenvalue weighted by molar-refractivity contribution is 7.07. The van der Waals surface area contributed by atoms with Gasteiger partial charge in [-0.2, -0.15) is 0 Å². The molecule has 0 radical (unpaired) electrons. The Hall–Kier alpha value is -1.14. The maximum absolute atomic E-state index is 11.3. The second-order valence-electron chi connectivity index (χ2n) is 5.66. The zero-order chi connectivity index (χ0) is 13.2. The highest BCUT2D eigenvalue weighted by atomic mass is 32.1. The molecule has 2 fully saturated rings. The number of thiazole rings is 1. The summed E-state index contributed by atoms with van der Waals surface area (Å²) in [7, 11) is 0. The molecule has 1 unspecified atom stereocenters. The molecule has 1 amide bonds. The van der Waals surface area contributed by atoms with Gasteiger partial charge in [0.25, 0.3) is 0 Å². The van der Waals surface area contributed by atoms with Crippen LogP contribution in [0.25, 0.3) is 0 Å². The SMILES string of the molecule is O=C(O)N(Cc1cscn1)CC1C[C@H]2CNC[C@H]2C1. The van der Waals surface area contributed by atoms with Crippen molar-refractivity contribution >= 4 is 17.4 Å². The molecule has 19 heavy (non-hydrogen) atoms. The van der Waals surface area contributed by atoms with Gasteiger partial charge in [0, 0.05) is 11.9 Å². The molecule has 0 bridgehead atoms. The molecular weight excluding hydrogens is 262 g/mol. The Bertz CT molecular complexity index is 425. The van der Waals surface area contributed by atoms with Gasteiger partial charge in [0.1, 0.15) is 0 Å². The molecule has 1 aliphatic carbocycles. The molecule has 3 atom stereocenters. The predicted octanol–water partition coefficient (Wildman–Crippen LogP) is 1.87. The zero-order valence-electron chi connectivity index (χ0n) is 10.8. The summed E-state index contributed by atoms with van der Waals surface area (Å²) in [6, 6.07) is 0. The number of fused-ring (bicyclic) bond motifs is 1. The Labute approximate surface area is 116 Å². The topological polar surface area (TPSA) is 65.5 Å². The number of hydrogen-bond acceptors (Lipinski definition) is 4. The van der Waals surface area contributed by atoms with Gasteiger partial charge in [0.15, 0.2) is 0 Å². The maximum Gasteiger partial charge on any atom is 0.407 e. The van der Waals surface area contributed by atoms with Gasteiger partial charge in [-0.15, -0.1) is 11.3 Å². The van der Waals surface area contributed by atoms with Gasteiger partial charge in [0.2, 0.25) is 0 Å². The van der Waals surface area contributed by atoms with Crippen LogP contribution in [0.4, 0.5) is 4.79 Å². The largest absolute Gasteiger partial charge is 0.465 e. The molecule has 2 heterocycles. The second-order valence-corrected chi connectivity index (χ2v) is 6.38. The fourth-order valence-corrected chi connectivity index (χ4v) is 4.02. The second kappa shape index (κ2) is 5.46. The van der Waals surface area contributed by atoms with Crippen molar-refractivity contribution in [1.29, 1.82) is 0 Å². The molecule has 2 N–H and O–H groups in total. The minimum atomic E-state index is -0.830. The van der Waals surface area contributed by atoms with E-state index in [-0.39, 0.29) is 0 Å². The molecular formula is C13H19N3O2S. The van der Waals surface area contributed by atoms with E-state index >= 15 is 0 Å². The van der Waals surface area contributed by atoms with Crippen LogP contribution in [0.3, 0.4) is 0 Å². The van der Waals surface area contributed by atoms with Crippen LogP contribution in [-0.2, 0) is 6.54 Å². The molecule has 3 rings (SSSR count). The van der Waals surface area contributed by atoms with E-state index in [1.165, 1.54) is 29.1 Å². The average molecular weight is 281 g/mol. The number of hydrogen-bond donors (Lipinski definition) is 2. The summed E-state index contributed by atoms with van der Waals surface area (Å²) in [5.41, 5.74) is 2.60. The highest BCUT2D eigenvalue weighted by Crippen LogP contribution is 2.38. The number of carboxylic acid groups (broad SMARTS) is 1. The Morgan fingerprint density at radius 3 is 2.79 bits per heavy atom. The molecule has 2 aliphatic rings. The summed E-state index contributed by atoms with van der Waals surface area (Å²) in [6.45, 7) is 3.30. The molecule has 0 spiro atoms. The van der Waals surface area contributed by atoms with Gasteiger partial charge in [0.05, 0.1) is 17.7 Å². The van der Waals surface area contributed by atoms with Crippen LogP contribution in [0.5, 0.6) is 0 Å². The maximum atomic E-state index is 11.3. The van der Waals surface area contributed by atoms with E-state index in [0.717, 1.165) is 30.6 Å². The summed E-state index contributed by atoms with van der Waals surface area (Å²) < 4.78 is 0. The highest BCUT2D eigenvalue weighted by Gasteiger charge is 2.38. The first-order chi connectivity index (χ1) is 9.22. The summed E-state index contributed by atoms with van der Waals surface area (Å²) >= 11 is 1.51. The first-order valence-electron chi connectivity index (χ1n) is 6.78. The van der Waals surface area contributed by atoms with Crippen LogP contribution in [-0.4, -0.2) is 40.7 Å². The van der Waals surface area contributed by atoms with Gasteiger partial charge >= 0.3 is 6.09 Å². The molecule has 104 valence electrons. The summed E-state index contributed by atoms with van der Waals surface area (Å²) in [5, 5.41) is 14.7. The Balaban J connectivity index is 1.58. The molecule has 1 aromatic heterocycles. The van der Waals surface area contributed by atoms with Crippen molar-refractivity contribution in [1.82, 2.24) is 15.2 Å². The number of nitrogens with zero attached hydrogens (tertiary/aromatic N) is 2. The molecule has 5 nitrogen and oxygen atoms in total. The summed E-state index contributed by atoms with van der Waals surface area (Å²) in [4.78, 5) is 17.0. The minimum absolute atomic E-state index is 0.420. The van der Waals surface area contributed by atoms with Crippen molar-refractivity contribution in [2.75, 3.05) is 19.6 Å². The van der Waals surface area contributed by atoms with Crippen LogP contribution < -0.4 is 5.32 Å². The van der Waals surface area contributed by atoms with E-state index in [1.807, 2.05) is 5.38 Å². The van der Waals surface area contributed by atoms with Crippen LogP contribution in [0, 0.1) is 17.8 Å². The van der Waals surface area contributed by atoms with Crippen LogP contribution >= 0.6 is 11.3 Å². The molecule has 6 heteroatoms. The van der Waals surface area contributed by atoms with Gasteiger partial charge in [-0.25, -0.2) is 9.78 Å². The van der Waals surface area contributed by atoms with E-state index in [9.17, 15) is 9.90 Å². The Morgan fingerprint density at radius 2 is 2.21 bits per heavy atom.